The molecule has 3 heterocycles. The van der Waals surface area contributed by atoms with Crippen LogP contribution in [0.3, 0.4) is 0 Å². The van der Waals surface area contributed by atoms with Crippen LogP contribution in [0.4, 0.5) is 5.95 Å². The van der Waals surface area contributed by atoms with Gasteiger partial charge in [0, 0.05) is 36.4 Å². The second-order valence-corrected chi connectivity index (χ2v) is 7.46. The van der Waals surface area contributed by atoms with Crippen molar-refractivity contribution in [1.29, 1.82) is 0 Å². The number of rotatable bonds is 5. The van der Waals surface area contributed by atoms with Crippen LogP contribution in [0.5, 0.6) is 11.6 Å². The first-order valence-electron chi connectivity index (χ1n) is 10.3. The van der Waals surface area contributed by atoms with Gasteiger partial charge in [-0.2, -0.15) is 5.10 Å². The summed E-state index contributed by atoms with van der Waals surface area (Å²) in [5.74, 6) is 1.79. The van der Waals surface area contributed by atoms with E-state index in [1.807, 2.05) is 55.1 Å². The van der Waals surface area contributed by atoms with E-state index in [1.165, 1.54) is 0 Å². The number of hydrogen-bond acceptors (Lipinski definition) is 6. The third-order valence-electron chi connectivity index (χ3n) is 5.28. The highest BCUT2D eigenvalue weighted by Gasteiger charge is 2.16. The lowest BCUT2D eigenvalue weighted by Gasteiger charge is -2.15. The molecule has 0 aliphatic rings. The van der Waals surface area contributed by atoms with Gasteiger partial charge in [-0.3, -0.25) is 0 Å². The van der Waals surface area contributed by atoms with Gasteiger partial charge in [-0.15, -0.1) is 0 Å². The number of fused-ring (bicyclic) bond motifs is 1. The Morgan fingerprint density at radius 2 is 1.78 bits per heavy atom. The molecule has 0 amide bonds. The summed E-state index contributed by atoms with van der Waals surface area (Å²) >= 11 is 0. The van der Waals surface area contributed by atoms with Crippen LogP contribution in [0.15, 0.2) is 73.2 Å². The Labute approximate surface area is 185 Å². The van der Waals surface area contributed by atoms with Crippen molar-refractivity contribution in [3.63, 3.8) is 0 Å². The smallest absolute Gasteiger partial charge is 0.228 e. The average molecular weight is 422 g/mol. The quantitative estimate of drug-likeness (QED) is 0.413. The highest BCUT2D eigenvalue weighted by atomic mass is 16.5. The van der Waals surface area contributed by atoms with E-state index >= 15 is 0 Å². The van der Waals surface area contributed by atoms with Crippen molar-refractivity contribution >= 4 is 16.7 Å². The highest BCUT2D eigenvalue weighted by molar-refractivity contribution is 5.95. The molecule has 0 aliphatic carbocycles. The minimum atomic E-state index is 0.490. The summed E-state index contributed by atoms with van der Waals surface area (Å²) in [5, 5.41) is 9.59. The summed E-state index contributed by atoms with van der Waals surface area (Å²) in [4.78, 5) is 13.3. The third kappa shape index (κ3) is 3.54. The molecule has 7 nitrogen and oxygen atoms in total. The fraction of sp³-hybridized carbons (Fsp3) is 0.120. The van der Waals surface area contributed by atoms with Crippen LogP contribution in [0.2, 0.25) is 0 Å². The molecule has 158 valence electrons. The lowest BCUT2D eigenvalue weighted by molar-refractivity contribution is 0.466. The van der Waals surface area contributed by atoms with Gasteiger partial charge in [0.05, 0.1) is 22.6 Å². The van der Waals surface area contributed by atoms with E-state index in [0.29, 0.717) is 11.8 Å². The maximum Gasteiger partial charge on any atom is 0.228 e. The minimum absolute atomic E-state index is 0.490. The van der Waals surface area contributed by atoms with Crippen LogP contribution >= 0.6 is 0 Å². The Morgan fingerprint density at radius 1 is 0.875 bits per heavy atom. The van der Waals surface area contributed by atoms with Crippen LogP contribution < -0.4 is 10.1 Å². The van der Waals surface area contributed by atoms with Crippen LogP contribution in [0.25, 0.3) is 27.7 Å². The molecular formula is C25H22N6O. The van der Waals surface area contributed by atoms with Crippen LogP contribution in [0.1, 0.15) is 11.3 Å². The summed E-state index contributed by atoms with van der Waals surface area (Å²) < 4.78 is 8.35. The van der Waals surface area contributed by atoms with E-state index < -0.39 is 0 Å². The van der Waals surface area contributed by atoms with Crippen molar-refractivity contribution in [3.8, 4) is 28.6 Å². The average Bonchev–Trinajstić information content (AvgIpc) is 3.27. The molecule has 0 fully saturated rings. The number of pyridine rings is 1. The zero-order valence-electron chi connectivity index (χ0n) is 18.1. The first kappa shape index (κ1) is 19.7. The first-order valence-corrected chi connectivity index (χ1v) is 10.3. The first-order chi connectivity index (χ1) is 15.6. The van der Waals surface area contributed by atoms with E-state index in [4.69, 9.17) is 4.74 Å². The summed E-state index contributed by atoms with van der Waals surface area (Å²) in [6.45, 7) is 4.02. The van der Waals surface area contributed by atoms with Gasteiger partial charge in [0.25, 0.3) is 0 Å². The molecule has 0 bridgehead atoms. The van der Waals surface area contributed by atoms with Crippen molar-refractivity contribution in [2.45, 2.75) is 13.8 Å². The Bertz CT molecular complexity index is 1430. The Kier molecular flexibility index (Phi) is 4.99. The SMILES string of the molecule is CNc1nccc(-c2cccnc2Oc2c(C)ccc3c(-n4ccc(C)n4)cccc23)n1. The molecule has 7 heteroatoms. The van der Waals surface area contributed by atoms with Gasteiger partial charge in [-0.05, 0) is 49.7 Å². The number of aromatic nitrogens is 5. The highest BCUT2D eigenvalue weighted by Crippen LogP contribution is 2.38. The molecule has 3 aromatic heterocycles. The second kappa shape index (κ2) is 8.11. The zero-order chi connectivity index (χ0) is 22.1. The van der Waals surface area contributed by atoms with Gasteiger partial charge in [0.1, 0.15) is 5.75 Å². The largest absolute Gasteiger partial charge is 0.437 e. The molecule has 32 heavy (non-hydrogen) atoms. The fourth-order valence-electron chi connectivity index (χ4n) is 3.70. The van der Waals surface area contributed by atoms with Gasteiger partial charge >= 0.3 is 0 Å². The molecule has 1 N–H and O–H groups in total. The zero-order valence-corrected chi connectivity index (χ0v) is 18.1. The number of anilines is 1. The van der Waals surface area contributed by atoms with E-state index in [1.54, 1.807) is 19.4 Å². The van der Waals surface area contributed by atoms with E-state index in [2.05, 4.69) is 49.6 Å². The van der Waals surface area contributed by atoms with Crippen molar-refractivity contribution in [2.75, 3.05) is 12.4 Å². The van der Waals surface area contributed by atoms with Crippen molar-refractivity contribution < 1.29 is 4.74 Å². The molecule has 0 saturated heterocycles. The maximum atomic E-state index is 6.46. The van der Waals surface area contributed by atoms with Crippen molar-refractivity contribution in [1.82, 2.24) is 24.7 Å². The third-order valence-corrected chi connectivity index (χ3v) is 5.28. The minimum Gasteiger partial charge on any atom is -0.437 e. The summed E-state index contributed by atoms with van der Waals surface area (Å²) in [7, 11) is 1.79. The predicted octanol–water partition coefficient (Wildman–Crippen LogP) is 5.33. The van der Waals surface area contributed by atoms with Crippen LogP contribution in [-0.2, 0) is 0 Å². The standard InChI is InChI=1S/C25H22N6O/c1-16-9-10-18-19(6-4-8-22(18)31-15-12-17(2)30-31)23(16)32-24-20(7-5-13-27-24)21-11-14-28-25(26-3)29-21/h4-15H,1-3H3,(H,26,28,29). The van der Waals surface area contributed by atoms with E-state index in [-0.39, 0.29) is 0 Å². The Hall–Kier alpha value is -4.26. The molecule has 2 aromatic carbocycles. The lowest BCUT2D eigenvalue weighted by Crippen LogP contribution is -2.00. The predicted molar refractivity (Wildman–Crippen MR) is 125 cm³/mol. The molecule has 0 atom stereocenters. The number of hydrogen-bond donors (Lipinski definition) is 1. The number of benzene rings is 2. The van der Waals surface area contributed by atoms with Crippen LogP contribution in [0, 0.1) is 13.8 Å². The fourth-order valence-corrected chi connectivity index (χ4v) is 3.70. The summed E-state index contributed by atoms with van der Waals surface area (Å²) in [6.07, 6.45) is 5.40. The molecule has 0 aliphatic heterocycles. The van der Waals surface area contributed by atoms with Gasteiger partial charge in [0.15, 0.2) is 0 Å². The van der Waals surface area contributed by atoms with Gasteiger partial charge < -0.3 is 10.1 Å². The maximum absolute atomic E-state index is 6.46. The summed E-state index contributed by atoms with van der Waals surface area (Å²) in [6, 6.07) is 18.0. The van der Waals surface area contributed by atoms with E-state index in [9.17, 15) is 0 Å². The number of nitrogens with zero attached hydrogens (tertiary/aromatic N) is 5. The van der Waals surface area contributed by atoms with Gasteiger partial charge in [-0.1, -0.05) is 24.3 Å². The van der Waals surface area contributed by atoms with E-state index in [0.717, 1.165) is 44.7 Å². The molecule has 0 radical (unpaired) electrons. The molecule has 0 unspecified atom stereocenters. The number of nitrogens with one attached hydrogen (secondary N) is 1. The molecular weight excluding hydrogens is 400 g/mol. The van der Waals surface area contributed by atoms with Crippen molar-refractivity contribution in [2.24, 2.45) is 0 Å². The normalized spacial score (nSPS) is 11.0. The number of ether oxygens (including phenoxy) is 1. The van der Waals surface area contributed by atoms with Crippen molar-refractivity contribution in [3.05, 3.63) is 84.4 Å². The molecule has 0 saturated carbocycles. The molecule has 5 rings (SSSR count). The monoisotopic (exact) mass is 422 g/mol. The van der Waals surface area contributed by atoms with Gasteiger partial charge in [-0.25, -0.2) is 19.6 Å². The second-order valence-electron chi connectivity index (χ2n) is 7.46. The molecule has 0 spiro atoms. The summed E-state index contributed by atoms with van der Waals surface area (Å²) in [5.41, 5.74) is 4.51. The molecule has 5 aromatic rings. The van der Waals surface area contributed by atoms with Gasteiger partial charge in [0.2, 0.25) is 11.8 Å². The lowest BCUT2D eigenvalue weighted by atomic mass is 10.0. The van der Waals surface area contributed by atoms with Crippen LogP contribution in [-0.4, -0.2) is 31.8 Å². The Balaban J connectivity index is 1.63. The topological polar surface area (TPSA) is 77.8 Å². The Morgan fingerprint density at radius 3 is 2.59 bits per heavy atom. The number of aryl methyl sites for hydroxylation is 2.